The van der Waals surface area contributed by atoms with E-state index >= 15 is 0 Å². The van der Waals surface area contributed by atoms with Crippen molar-refractivity contribution in [2.24, 2.45) is 0 Å². The summed E-state index contributed by atoms with van der Waals surface area (Å²) in [6, 6.07) is 16.7. The number of likely N-dealkylation sites (N-methyl/N-ethyl adjacent to an activating group) is 1. The third-order valence-corrected chi connectivity index (χ3v) is 5.12. The number of nitrogens with zero attached hydrogens (tertiary/aromatic N) is 1. The normalized spacial score (nSPS) is 24.8. The molecule has 144 valence electrons. The van der Waals surface area contributed by atoms with Gasteiger partial charge in [-0.2, -0.15) is 0 Å². The molecule has 2 aromatic rings. The molecule has 1 saturated carbocycles. The molecule has 0 heterocycles. The summed E-state index contributed by atoms with van der Waals surface area (Å²) in [7, 11) is 1.96. The molecule has 1 aliphatic rings. The third-order valence-electron chi connectivity index (χ3n) is 4.89. The molecule has 0 aliphatic heterocycles. The lowest BCUT2D eigenvalue weighted by Gasteiger charge is -2.32. The van der Waals surface area contributed by atoms with Gasteiger partial charge in [0.25, 0.3) is 0 Å². The number of halogens is 1. The van der Waals surface area contributed by atoms with Gasteiger partial charge in [-0.05, 0) is 30.8 Å². The second-order valence-corrected chi connectivity index (χ2v) is 7.47. The number of amides is 1. The van der Waals surface area contributed by atoms with Gasteiger partial charge in [-0.3, -0.25) is 9.69 Å². The van der Waals surface area contributed by atoms with Crippen molar-refractivity contribution in [1.29, 1.82) is 0 Å². The molecule has 0 bridgehead atoms. The molecular formula is C21H25ClN2O3. The van der Waals surface area contributed by atoms with E-state index in [1.165, 1.54) is 6.92 Å². The zero-order chi connectivity index (χ0) is 19.4. The minimum absolute atomic E-state index is 0.117. The Kier molecular flexibility index (Phi) is 6.37. The number of rotatable bonds is 6. The first-order valence-corrected chi connectivity index (χ1v) is 9.43. The highest BCUT2D eigenvalue weighted by molar-refractivity contribution is 6.30. The largest absolute Gasteiger partial charge is 0.488 e. The van der Waals surface area contributed by atoms with Gasteiger partial charge in [0, 0.05) is 24.9 Å². The average Bonchev–Trinajstić information content (AvgIpc) is 2.90. The van der Waals surface area contributed by atoms with Gasteiger partial charge in [-0.15, -0.1) is 0 Å². The van der Waals surface area contributed by atoms with E-state index in [9.17, 15) is 9.90 Å². The van der Waals surface area contributed by atoms with Crippen LogP contribution in [0.5, 0.6) is 5.75 Å². The number of aliphatic hydroxyl groups excluding tert-OH is 1. The van der Waals surface area contributed by atoms with Crippen LogP contribution < -0.4 is 10.1 Å². The van der Waals surface area contributed by atoms with Crippen LogP contribution in [0.2, 0.25) is 5.02 Å². The molecule has 2 aromatic carbocycles. The average molecular weight is 389 g/mol. The van der Waals surface area contributed by atoms with Gasteiger partial charge in [-0.25, -0.2) is 0 Å². The smallest absolute Gasteiger partial charge is 0.217 e. The van der Waals surface area contributed by atoms with E-state index in [-0.39, 0.29) is 18.0 Å². The number of hydrogen-bond acceptors (Lipinski definition) is 4. The second-order valence-electron chi connectivity index (χ2n) is 7.04. The standard InChI is InChI=1S/C21H25ClN2O3/c1-14(25)23-18-12-19(27-17-10-6-9-16(22)11-17)21(26)20(18)24(2)13-15-7-4-3-5-8-15/h3-11,18-21,26H,12-13H2,1-2H3,(H,23,25)/t18-,19-,20+,21+/m1/s1. The number of aliphatic hydroxyl groups is 1. The second kappa shape index (κ2) is 8.74. The molecule has 1 amide bonds. The molecule has 0 unspecified atom stereocenters. The molecule has 2 N–H and O–H groups in total. The predicted molar refractivity (Wildman–Crippen MR) is 106 cm³/mol. The molecule has 0 saturated heterocycles. The van der Waals surface area contributed by atoms with Gasteiger partial charge < -0.3 is 15.2 Å². The van der Waals surface area contributed by atoms with E-state index in [4.69, 9.17) is 16.3 Å². The van der Waals surface area contributed by atoms with Crippen molar-refractivity contribution in [1.82, 2.24) is 10.2 Å². The number of hydrogen-bond donors (Lipinski definition) is 2. The van der Waals surface area contributed by atoms with Crippen LogP contribution in [0, 0.1) is 0 Å². The Bertz CT molecular complexity index is 771. The molecule has 5 nitrogen and oxygen atoms in total. The van der Waals surface area contributed by atoms with Crippen molar-refractivity contribution in [3.8, 4) is 5.75 Å². The maximum atomic E-state index is 11.7. The lowest BCUT2D eigenvalue weighted by molar-refractivity contribution is -0.120. The quantitative estimate of drug-likeness (QED) is 0.798. The Morgan fingerprint density at radius 3 is 2.67 bits per heavy atom. The number of ether oxygens (including phenoxy) is 1. The van der Waals surface area contributed by atoms with Crippen molar-refractivity contribution in [2.45, 2.75) is 44.2 Å². The monoisotopic (exact) mass is 388 g/mol. The molecule has 3 rings (SSSR count). The zero-order valence-corrected chi connectivity index (χ0v) is 16.3. The Morgan fingerprint density at radius 1 is 1.26 bits per heavy atom. The van der Waals surface area contributed by atoms with E-state index < -0.39 is 12.2 Å². The summed E-state index contributed by atoms with van der Waals surface area (Å²) in [5.74, 6) is 0.494. The maximum absolute atomic E-state index is 11.7. The van der Waals surface area contributed by atoms with Crippen molar-refractivity contribution < 1.29 is 14.6 Å². The van der Waals surface area contributed by atoms with Crippen LogP contribution in [-0.4, -0.2) is 47.3 Å². The van der Waals surface area contributed by atoms with Crippen molar-refractivity contribution in [3.63, 3.8) is 0 Å². The van der Waals surface area contributed by atoms with Crippen molar-refractivity contribution in [2.75, 3.05) is 7.05 Å². The highest BCUT2D eigenvalue weighted by atomic mass is 35.5. The Morgan fingerprint density at radius 2 is 2.00 bits per heavy atom. The molecule has 1 aliphatic carbocycles. The third kappa shape index (κ3) is 5.01. The summed E-state index contributed by atoms with van der Waals surface area (Å²) >= 11 is 6.03. The lowest BCUT2D eigenvalue weighted by Crippen LogP contribution is -2.51. The summed E-state index contributed by atoms with van der Waals surface area (Å²) in [5.41, 5.74) is 1.15. The van der Waals surface area contributed by atoms with Gasteiger partial charge in [-0.1, -0.05) is 48.0 Å². The molecule has 6 heteroatoms. The fourth-order valence-electron chi connectivity index (χ4n) is 3.77. The van der Waals surface area contributed by atoms with Crippen molar-refractivity contribution >= 4 is 17.5 Å². The van der Waals surface area contributed by atoms with Crippen molar-refractivity contribution in [3.05, 3.63) is 65.2 Å². The van der Waals surface area contributed by atoms with E-state index in [2.05, 4.69) is 10.2 Å². The first-order valence-electron chi connectivity index (χ1n) is 9.05. The van der Waals surface area contributed by atoms with Gasteiger partial charge in [0.1, 0.15) is 18.0 Å². The Labute approximate surface area is 164 Å². The molecule has 0 spiro atoms. The predicted octanol–water partition coefficient (Wildman–Crippen LogP) is 2.86. The summed E-state index contributed by atoms with van der Waals surface area (Å²) in [4.78, 5) is 13.7. The van der Waals surface area contributed by atoms with E-state index in [0.717, 1.165) is 5.56 Å². The highest BCUT2D eigenvalue weighted by Gasteiger charge is 2.46. The van der Waals surface area contributed by atoms with Gasteiger partial charge in [0.05, 0.1) is 12.1 Å². The van der Waals surface area contributed by atoms with Crippen LogP contribution in [0.3, 0.4) is 0 Å². The first kappa shape index (κ1) is 19.7. The van der Waals surface area contributed by atoms with Crippen LogP contribution in [0.25, 0.3) is 0 Å². The minimum Gasteiger partial charge on any atom is -0.488 e. The van der Waals surface area contributed by atoms with Crippen LogP contribution in [-0.2, 0) is 11.3 Å². The maximum Gasteiger partial charge on any atom is 0.217 e. The number of nitrogens with one attached hydrogen (secondary N) is 1. The summed E-state index contributed by atoms with van der Waals surface area (Å²) in [5, 5.41) is 14.5. The van der Waals surface area contributed by atoms with E-state index in [0.29, 0.717) is 23.7 Å². The SMILES string of the molecule is CC(=O)N[C@@H]1C[C@@H](Oc2cccc(Cl)c2)[C@H](O)[C@H]1N(C)Cc1ccccc1. The number of carbonyl (C=O) groups is 1. The van der Waals surface area contributed by atoms with Crippen LogP contribution in [0.15, 0.2) is 54.6 Å². The van der Waals surface area contributed by atoms with Crippen LogP contribution >= 0.6 is 11.6 Å². The molecule has 4 atom stereocenters. The van der Waals surface area contributed by atoms with E-state index in [1.807, 2.05) is 49.5 Å². The number of carbonyl (C=O) groups excluding carboxylic acids is 1. The molecule has 27 heavy (non-hydrogen) atoms. The van der Waals surface area contributed by atoms with Gasteiger partial charge in [0.2, 0.25) is 5.91 Å². The minimum atomic E-state index is -0.741. The topological polar surface area (TPSA) is 61.8 Å². The fourth-order valence-corrected chi connectivity index (χ4v) is 3.95. The summed E-state index contributed by atoms with van der Waals surface area (Å²) < 4.78 is 6.00. The summed E-state index contributed by atoms with van der Waals surface area (Å²) in [6.07, 6.45) is -0.644. The Balaban J connectivity index is 1.76. The molecular weight excluding hydrogens is 364 g/mol. The first-order chi connectivity index (χ1) is 12.9. The zero-order valence-electron chi connectivity index (χ0n) is 15.5. The Hall–Kier alpha value is -2.08. The van der Waals surface area contributed by atoms with Gasteiger partial charge >= 0.3 is 0 Å². The molecule has 0 aromatic heterocycles. The van der Waals surface area contributed by atoms with Crippen LogP contribution in [0.1, 0.15) is 18.9 Å². The molecule has 0 radical (unpaired) electrons. The summed E-state index contributed by atoms with van der Waals surface area (Å²) in [6.45, 7) is 2.16. The van der Waals surface area contributed by atoms with Crippen LogP contribution in [0.4, 0.5) is 0 Å². The van der Waals surface area contributed by atoms with E-state index in [1.54, 1.807) is 12.1 Å². The fraction of sp³-hybridized carbons (Fsp3) is 0.381. The lowest BCUT2D eigenvalue weighted by atomic mass is 10.1. The number of benzene rings is 2. The highest BCUT2D eigenvalue weighted by Crippen LogP contribution is 2.30. The van der Waals surface area contributed by atoms with Gasteiger partial charge in [0.15, 0.2) is 0 Å². The molecule has 1 fully saturated rings.